The van der Waals surface area contributed by atoms with E-state index in [4.69, 9.17) is 4.74 Å². The van der Waals surface area contributed by atoms with E-state index in [9.17, 15) is 0 Å². The minimum Gasteiger partial charge on any atom is -0.494 e. The largest absolute Gasteiger partial charge is 0.494 e. The van der Waals surface area contributed by atoms with Crippen molar-refractivity contribution >= 4 is 0 Å². The molecular formula is C29H46N2O. The molecule has 1 unspecified atom stereocenters. The van der Waals surface area contributed by atoms with E-state index >= 15 is 0 Å². The van der Waals surface area contributed by atoms with Crippen LogP contribution in [0, 0.1) is 11.8 Å². The Morgan fingerprint density at radius 3 is 2.06 bits per heavy atom. The second-order valence-electron chi connectivity index (χ2n) is 9.17. The first-order valence-electron chi connectivity index (χ1n) is 12.9. The predicted octanol–water partition coefficient (Wildman–Crippen LogP) is 6.27. The minimum atomic E-state index is 0.731. The lowest BCUT2D eigenvalue weighted by Gasteiger charge is -2.21. The van der Waals surface area contributed by atoms with Crippen LogP contribution in [0.5, 0.6) is 5.75 Å². The molecule has 0 saturated carbocycles. The summed E-state index contributed by atoms with van der Waals surface area (Å²) in [5, 5.41) is 7.33. The van der Waals surface area contributed by atoms with Crippen molar-refractivity contribution in [2.75, 3.05) is 32.8 Å². The van der Waals surface area contributed by atoms with E-state index in [0.29, 0.717) is 0 Å². The van der Waals surface area contributed by atoms with Gasteiger partial charge in [0.05, 0.1) is 6.61 Å². The fraction of sp³-hybridized carbons (Fsp3) is 0.586. The van der Waals surface area contributed by atoms with Gasteiger partial charge in [0.2, 0.25) is 0 Å². The van der Waals surface area contributed by atoms with Crippen molar-refractivity contribution in [1.29, 1.82) is 0 Å². The molecule has 0 aliphatic heterocycles. The van der Waals surface area contributed by atoms with Gasteiger partial charge in [0.25, 0.3) is 0 Å². The first-order valence-corrected chi connectivity index (χ1v) is 12.9. The summed E-state index contributed by atoms with van der Waals surface area (Å²) in [6.45, 7) is 12.0. The van der Waals surface area contributed by atoms with Crippen molar-refractivity contribution < 1.29 is 4.74 Å². The summed E-state index contributed by atoms with van der Waals surface area (Å²) in [7, 11) is 0. The lowest BCUT2D eigenvalue weighted by molar-refractivity contribution is 0.325. The van der Waals surface area contributed by atoms with Crippen LogP contribution in [0.3, 0.4) is 0 Å². The Morgan fingerprint density at radius 2 is 1.38 bits per heavy atom. The number of aryl methyl sites for hydroxylation is 2. The molecule has 0 radical (unpaired) electrons. The van der Waals surface area contributed by atoms with Crippen molar-refractivity contribution in [2.45, 2.75) is 65.7 Å². The van der Waals surface area contributed by atoms with Crippen molar-refractivity contribution in [3.05, 3.63) is 65.7 Å². The van der Waals surface area contributed by atoms with Gasteiger partial charge in [0, 0.05) is 0 Å². The van der Waals surface area contributed by atoms with Crippen LogP contribution in [0.25, 0.3) is 0 Å². The molecule has 2 rings (SSSR count). The molecule has 0 aliphatic rings. The molecular weight excluding hydrogens is 392 g/mol. The van der Waals surface area contributed by atoms with Gasteiger partial charge in [0.1, 0.15) is 5.75 Å². The molecule has 0 fully saturated rings. The molecule has 2 N–H and O–H groups in total. The van der Waals surface area contributed by atoms with Crippen molar-refractivity contribution in [2.24, 2.45) is 11.8 Å². The second kappa shape index (κ2) is 16.7. The Bertz CT molecular complexity index is 701. The van der Waals surface area contributed by atoms with Crippen molar-refractivity contribution in [3.63, 3.8) is 0 Å². The van der Waals surface area contributed by atoms with Gasteiger partial charge < -0.3 is 15.4 Å². The number of para-hydroxylation sites is 1. The topological polar surface area (TPSA) is 33.3 Å². The van der Waals surface area contributed by atoms with Crippen LogP contribution in [0.15, 0.2) is 54.6 Å². The standard InChI is InChI=1S/C29H46N2O/c1-4-32-29-18-9-8-16-28(29)17-12-22-31-24-20-27(25(2)3)19-23-30-21-11-10-15-26-13-6-5-7-14-26/h5-9,13-14,16,18,25,27,30-31H,4,10-12,15,17,19-24H2,1-3H3. The van der Waals surface area contributed by atoms with Gasteiger partial charge in [-0.15, -0.1) is 0 Å². The molecule has 0 aliphatic carbocycles. The van der Waals surface area contributed by atoms with E-state index < -0.39 is 0 Å². The maximum absolute atomic E-state index is 5.74. The monoisotopic (exact) mass is 438 g/mol. The van der Waals surface area contributed by atoms with Crippen molar-refractivity contribution in [3.8, 4) is 5.75 Å². The zero-order chi connectivity index (χ0) is 22.9. The fourth-order valence-corrected chi connectivity index (χ4v) is 4.27. The lowest BCUT2D eigenvalue weighted by atomic mass is 9.89. The fourth-order valence-electron chi connectivity index (χ4n) is 4.27. The average molecular weight is 439 g/mol. The van der Waals surface area contributed by atoms with Crippen LogP contribution in [0.4, 0.5) is 0 Å². The molecule has 0 amide bonds. The Hall–Kier alpha value is -1.84. The molecule has 0 aromatic heterocycles. The average Bonchev–Trinajstić information content (AvgIpc) is 2.81. The number of hydrogen-bond donors (Lipinski definition) is 2. The molecule has 0 saturated heterocycles. The predicted molar refractivity (Wildman–Crippen MR) is 139 cm³/mol. The van der Waals surface area contributed by atoms with E-state index in [2.05, 4.69) is 79.1 Å². The number of ether oxygens (including phenoxy) is 1. The lowest BCUT2D eigenvalue weighted by Crippen LogP contribution is -2.25. The molecule has 3 heteroatoms. The van der Waals surface area contributed by atoms with Crippen LogP contribution in [0.1, 0.15) is 64.0 Å². The molecule has 3 nitrogen and oxygen atoms in total. The first-order chi connectivity index (χ1) is 15.7. The van der Waals surface area contributed by atoms with Crippen LogP contribution in [0.2, 0.25) is 0 Å². The number of nitrogens with one attached hydrogen (secondary N) is 2. The van der Waals surface area contributed by atoms with E-state index in [0.717, 1.165) is 63.2 Å². The molecule has 32 heavy (non-hydrogen) atoms. The Balaban J connectivity index is 1.50. The summed E-state index contributed by atoms with van der Waals surface area (Å²) in [6, 6.07) is 19.3. The summed E-state index contributed by atoms with van der Waals surface area (Å²) in [6.07, 6.45) is 8.49. The van der Waals surface area contributed by atoms with Gasteiger partial charge in [-0.1, -0.05) is 62.4 Å². The van der Waals surface area contributed by atoms with Gasteiger partial charge in [-0.05, 0) is 107 Å². The first kappa shape index (κ1) is 26.4. The SMILES string of the molecule is CCOc1ccccc1CCCNCCC(CCNCCCCc1ccccc1)C(C)C. The molecule has 0 spiro atoms. The highest BCUT2D eigenvalue weighted by atomic mass is 16.5. The summed E-state index contributed by atoms with van der Waals surface area (Å²) >= 11 is 0. The van der Waals surface area contributed by atoms with Crippen LogP contribution >= 0.6 is 0 Å². The normalized spacial score (nSPS) is 12.2. The summed E-state index contributed by atoms with van der Waals surface area (Å²) in [5.41, 5.74) is 2.78. The molecule has 0 heterocycles. The maximum Gasteiger partial charge on any atom is 0.122 e. The van der Waals surface area contributed by atoms with E-state index in [1.54, 1.807) is 0 Å². The minimum absolute atomic E-state index is 0.731. The van der Waals surface area contributed by atoms with Gasteiger partial charge in [-0.3, -0.25) is 0 Å². The van der Waals surface area contributed by atoms with Gasteiger partial charge in [-0.25, -0.2) is 0 Å². The van der Waals surface area contributed by atoms with Gasteiger partial charge in [0.15, 0.2) is 0 Å². The smallest absolute Gasteiger partial charge is 0.122 e. The Kier molecular flexibility index (Phi) is 13.8. The third-order valence-electron chi connectivity index (χ3n) is 6.31. The molecule has 2 aromatic rings. The number of unbranched alkanes of at least 4 members (excludes halogenated alkanes) is 1. The maximum atomic E-state index is 5.74. The highest BCUT2D eigenvalue weighted by molar-refractivity contribution is 5.33. The zero-order valence-corrected chi connectivity index (χ0v) is 20.7. The van der Waals surface area contributed by atoms with Crippen LogP contribution in [-0.4, -0.2) is 32.8 Å². The van der Waals surface area contributed by atoms with Crippen molar-refractivity contribution in [1.82, 2.24) is 10.6 Å². The van der Waals surface area contributed by atoms with Crippen LogP contribution < -0.4 is 15.4 Å². The third-order valence-corrected chi connectivity index (χ3v) is 6.31. The van der Waals surface area contributed by atoms with E-state index in [1.165, 1.54) is 43.2 Å². The third kappa shape index (κ3) is 11.2. The Labute approximate surface area is 197 Å². The number of rotatable bonds is 18. The molecule has 2 aromatic carbocycles. The van der Waals surface area contributed by atoms with E-state index in [-0.39, 0.29) is 0 Å². The van der Waals surface area contributed by atoms with Gasteiger partial charge >= 0.3 is 0 Å². The molecule has 0 bridgehead atoms. The number of hydrogen-bond acceptors (Lipinski definition) is 3. The highest BCUT2D eigenvalue weighted by Gasteiger charge is 2.12. The second-order valence-corrected chi connectivity index (χ2v) is 9.17. The number of benzene rings is 2. The Morgan fingerprint density at radius 1 is 0.719 bits per heavy atom. The summed E-state index contributed by atoms with van der Waals surface area (Å²) in [4.78, 5) is 0. The zero-order valence-electron chi connectivity index (χ0n) is 20.7. The highest BCUT2D eigenvalue weighted by Crippen LogP contribution is 2.20. The summed E-state index contributed by atoms with van der Waals surface area (Å²) in [5.74, 6) is 2.58. The van der Waals surface area contributed by atoms with Crippen LogP contribution in [-0.2, 0) is 12.8 Å². The van der Waals surface area contributed by atoms with E-state index in [1.807, 2.05) is 6.92 Å². The summed E-state index contributed by atoms with van der Waals surface area (Å²) < 4.78 is 5.74. The van der Waals surface area contributed by atoms with Gasteiger partial charge in [-0.2, -0.15) is 0 Å². The molecule has 178 valence electrons. The quantitative estimate of drug-likeness (QED) is 0.269. The molecule has 1 atom stereocenters.